The molecule has 8 aromatic rings. The predicted octanol–water partition coefficient (Wildman–Crippen LogP) is -1.92. The van der Waals surface area contributed by atoms with Gasteiger partial charge >= 0.3 is 5.97 Å². The molecule has 0 bridgehead atoms. The van der Waals surface area contributed by atoms with E-state index in [1.807, 2.05) is 25.1 Å². The minimum absolute atomic E-state index is 0.00631. The molecule has 0 aliphatic carbocycles. The zero-order valence-corrected chi connectivity index (χ0v) is 78.8. The second-order valence-corrected chi connectivity index (χ2v) is 35.2. The van der Waals surface area contributed by atoms with Crippen LogP contribution in [0.2, 0.25) is 0 Å². The zero-order valence-electron chi connectivity index (χ0n) is 78.8. The number of aliphatic carboxylic acids is 1. The van der Waals surface area contributed by atoms with Crippen LogP contribution in [0.25, 0.3) is 32.7 Å². The number of nitrogens with zero attached hydrogens (tertiary/aromatic N) is 2. The van der Waals surface area contributed by atoms with Crippen LogP contribution in [0.15, 0.2) is 128 Å². The molecule has 1 saturated heterocycles. The Morgan fingerprint density at radius 2 is 0.835 bits per heavy atom. The van der Waals surface area contributed by atoms with E-state index in [1.165, 1.54) is 50.6 Å². The maximum Gasteiger partial charge on any atom is 0.326 e. The number of benzene rings is 4. The maximum absolute atomic E-state index is 15.6. The van der Waals surface area contributed by atoms with E-state index in [0.717, 1.165) is 4.90 Å². The molecule has 45 nitrogen and oxygen atoms in total. The normalized spacial score (nSPS) is 15.9. The van der Waals surface area contributed by atoms with Crippen molar-refractivity contribution in [1.82, 2.24) is 110 Å². The molecule has 17 atom stereocenters. The van der Waals surface area contributed by atoms with Crippen molar-refractivity contribution < 1.29 is 92.3 Å². The van der Waals surface area contributed by atoms with Crippen LogP contribution in [0.5, 0.6) is 5.75 Å². The summed E-state index contributed by atoms with van der Waals surface area (Å²) >= 11 is 0. The van der Waals surface area contributed by atoms with E-state index in [1.54, 1.807) is 108 Å². The van der Waals surface area contributed by atoms with E-state index in [-0.39, 0.29) is 114 Å². The highest BCUT2D eigenvalue weighted by molar-refractivity contribution is 6.02. The van der Waals surface area contributed by atoms with Crippen molar-refractivity contribution in [2.45, 2.75) is 229 Å². The van der Waals surface area contributed by atoms with Gasteiger partial charge in [-0.2, -0.15) is 0 Å². The number of aliphatic hydroxyl groups excluding tert-OH is 2. The molecule has 1 aliphatic heterocycles. The molecule has 5 heterocycles. The van der Waals surface area contributed by atoms with Crippen LogP contribution in [0.3, 0.4) is 0 Å². The van der Waals surface area contributed by atoms with Gasteiger partial charge in [-0.3, -0.25) is 77.9 Å². The molecule has 31 N–H and O–H groups in total. The Balaban J connectivity index is 0.934. The standard InChI is InChI=1S/C94H130N26O19/c1-9-49(5)75(95)89(135)118-76(48(3)4)90(136)115-70(39-56-43-105-64-25-16-13-22-61(56)64)84(130)114-71(40-57-44-100-47-106-57)86(132)109-65(26-17-33-101-93(96)97)80(126)113-69(38-55-42-104-63-24-15-12-21-60(55)63)83(129)112-67(36-53-29-31-58(123)32-30-53)82(128)107-51(7)78(124)111-68(37-54-41-103-62-23-14-11-20-59(54)62)85(131)117-73(46-122)91(137)120-35-19-28-74(120)88(134)108-52(8)79(125)116-72(45-121)87(133)110-66(27-18-34-102-94(98)99)81(127)119-77(92(138)139)50(6)10-2/h11-16,20-25,29-32,41-44,47-52,65-77,103-105,121-123H,9-10,17-19,26-28,33-40,45-46,95H2,1-8H3,(H,100,106)(H,107,128)(H,108,134)(H,109,132)(H,110,133)(H,111,124)(H,112,129)(H,113,126)(H,114,130)(H,115,136)(H,116,125)(H,117,131)(H,118,135)(H,119,127)(H,138,139)(H4,96,97,101)(H4,98,99,102)/t49-,50-,51-,52-,65-,66-,67-,68-,69-,70-,71-,72-,73-,74-,75-,76-,77-/m0/s1. The van der Waals surface area contributed by atoms with E-state index in [4.69, 9.17) is 28.0 Å². The third-order valence-corrected chi connectivity index (χ3v) is 24.6. The zero-order chi connectivity index (χ0) is 101. The summed E-state index contributed by atoms with van der Waals surface area (Å²) in [7, 11) is 0. The van der Waals surface area contributed by atoms with E-state index < -0.39 is 210 Å². The first kappa shape index (κ1) is 108. The van der Waals surface area contributed by atoms with Gasteiger partial charge in [-0.1, -0.05) is 121 Å². The largest absolute Gasteiger partial charge is 0.508 e. The average molecular weight is 1930 g/mol. The minimum atomic E-state index is -1.79. The summed E-state index contributed by atoms with van der Waals surface area (Å²) in [5.41, 5.74) is 21.6. The van der Waals surface area contributed by atoms with Crippen LogP contribution < -0.4 is 97.0 Å². The topological polar surface area (TPSA) is 722 Å². The van der Waals surface area contributed by atoms with Gasteiger partial charge in [0.1, 0.15) is 90.3 Å². The molecule has 0 unspecified atom stereocenters. The number of phenolic OH excluding ortho intramolecular Hbond substituents is 1. The monoisotopic (exact) mass is 1930 g/mol. The number of nitrogens with two attached hydrogens (primary N) is 3. The number of fused-ring (bicyclic) bond motifs is 3. The molecule has 0 radical (unpaired) electrons. The number of likely N-dealkylation sites (tertiary alicyclic amines) is 1. The van der Waals surface area contributed by atoms with Crippen LogP contribution in [-0.2, 0) is 104 Å². The third kappa shape index (κ3) is 30.7. The van der Waals surface area contributed by atoms with Gasteiger partial charge < -0.3 is 142 Å². The fourth-order valence-corrected chi connectivity index (χ4v) is 16.0. The number of aliphatic hydroxyl groups is 2. The lowest BCUT2D eigenvalue weighted by atomic mass is 9.97. The van der Waals surface area contributed by atoms with Crippen LogP contribution in [0.1, 0.15) is 135 Å². The van der Waals surface area contributed by atoms with Crippen LogP contribution in [0, 0.1) is 28.6 Å². The Morgan fingerprint density at radius 1 is 0.446 bits per heavy atom. The number of aromatic nitrogens is 5. The molecule has 0 saturated carbocycles. The Morgan fingerprint density at radius 3 is 1.27 bits per heavy atom. The molecule has 0 spiro atoms. The highest BCUT2D eigenvalue weighted by Gasteiger charge is 2.43. The second kappa shape index (κ2) is 51.8. The van der Waals surface area contributed by atoms with Gasteiger partial charge in [-0.15, -0.1) is 0 Å². The van der Waals surface area contributed by atoms with Gasteiger partial charge in [-0.25, -0.2) is 9.78 Å². The van der Waals surface area contributed by atoms with Crippen molar-refractivity contribution in [2.75, 3.05) is 32.8 Å². The fourth-order valence-electron chi connectivity index (χ4n) is 16.0. The van der Waals surface area contributed by atoms with Gasteiger partial charge in [0.25, 0.3) is 0 Å². The van der Waals surface area contributed by atoms with E-state index >= 15 is 24.0 Å². The molecule has 139 heavy (non-hydrogen) atoms. The van der Waals surface area contributed by atoms with Gasteiger partial charge in [-0.05, 0) is 123 Å². The van der Waals surface area contributed by atoms with Crippen molar-refractivity contribution in [2.24, 2.45) is 35.0 Å². The number of guanidine groups is 2. The number of carboxylic acids is 1. The van der Waals surface area contributed by atoms with Crippen molar-refractivity contribution in [3.63, 3.8) is 0 Å². The molecule has 14 amide bonds. The first-order valence-corrected chi connectivity index (χ1v) is 46.3. The lowest BCUT2D eigenvalue weighted by Gasteiger charge is -2.30. The van der Waals surface area contributed by atoms with Crippen LogP contribution >= 0.6 is 0 Å². The summed E-state index contributed by atoms with van der Waals surface area (Å²) in [4.78, 5) is 235. The Hall–Kier alpha value is -15.0. The summed E-state index contributed by atoms with van der Waals surface area (Å²) < 4.78 is 0. The molecule has 9 rings (SSSR count). The summed E-state index contributed by atoms with van der Waals surface area (Å²) in [5.74, 6) is -16.5. The molecule has 1 fully saturated rings. The number of imidazole rings is 1. The number of carbonyl (C=O) groups is 15. The number of hydrogen-bond donors (Lipinski definition) is 28. The van der Waals surface area contributed by atoms with Gasteiger partial charge in [0, 0.05) is 109 Å². The first-order chi connectivity index (χ1) is 66.3. The molecule has 4 aromatic carbocycles. The lowest BCUT2D eigenvalue weighted by molar-refractivity contribution is -0.144. The fraction of sp³-hybridized carbons (Fsp3) is 0.468. The number of carboxylic acid groups (broad SMARTS) is 1. The highest BCUT2D eigenvalue weighted by atomic mass is 16.4. The summed E-state index contributed by atoms with van der Waals surface area (Å²) in [6.45, 7) is 10.8. The molecule has 750 valence electrons. The number of aromatic amines is 4. The summed E-state index contributed by atoms with van der Waals surface area (Å²) in [5, 5.41) is 98.5. The number of carbonyl (C=O) groups excluding carboxylic acids is 14. The number of rotatable bonds is 53. The average Bonchev–Trinajstić information content (AvgIpc) is 1.72. The van der Waals surface area contributed by atoms with E-state index in [0.29, 0.717) is 67.8 Å². The number of aromatic hydroxyl groups is 1. The number of nitrogens with one attached hydrogen (secondary N) is 21. The van der Waals surface area contributed by atoms with Crippen molar-refractivity contribution in [3.8, 4) is 5.75 Å². The smallest absolute Gasteiger partial charge is 0.326 e. The Labute approximate surface area is 801 Å². The predicted molar refractivity (Wildman–Crippen MR) is 513 cm³/mol. The number of amides is 14. The van der Waals surface area contributed by atoms with Crippen LogP contribution in [-0.4, -0.2) is 274 Å². The number of para-hydroxylation sites is 3. The van der Waals surface area contributed by atoms with E-state index in [9.17, 15) is 68.4 Å². The molecular weight excluding hydrogens is 1800 g/mol. The number of phenols is 1. The van der Waals surface area contributed by atoms with Gasteiger partial charge in [0.15, 0.2) is 11.9 Å². The SMILES string of the molecule is CC[C@H](C)[C@H](N)C(=O)N[C@H](C(=O)N[C@@H](Cc1c[nH]c2ccccc12)C(=O)N[C@@H](Cc1c[nH]cn1)C(=O)N[C@@H](CCCNC(=N)N)C(=O)N[C@@H](Cc1c[nH]c2ccccc12)C(=O)N[C@@H](Cc1ccc(O)cc1)C(=O)N[C@@H](C)C(=O)N[C@@H](Cc1c[nH]c2ccccc12)C(=O)N[C@@H](CO)C(=O)N1CCC[C@H]1C(=O)N[C@@H](C)C(=O)N[C@@H](CO)C(=O)N[C@@H](CCCNC(=N)N)C(=O)N[C@H](C(=O)O)[C@@H](C)CC)C(C)C. The Bertz CT molecular complexity index is 5630. The van der Waals surface area contributed by atoms with Crippen LogP contribution in [0.4, 0.5) is 0 Å². The molecule has 1 aliphatic rings. The minimum Gasteiger partial charge on any atom is -0.508 e. The molecule has 45 heteroatoms. The second-order valence-electron chi connectivity index (χ2n) is 35.2. The molecule has 4 aromatic heterocycles. The van der Waals surface area contributed by atoms with E-state index in [2.05, 4.69) is 105 Å². The number of hydrogen-bond acceptors (Lipinski definition) is 22. The maximum atomic E-state index is 15.6. The third-order valence-electron chi connectivity index (χ3n) is 24.6. The number of H-pyrrole nitrogens is 4. The van der Waals surface area contributed by atoms with Crippen molar-refractivity contribution >= 4 is 133 Å². The molecular formula is C94H130N26O19. The van der Waals surface area contributed by atoms with Crippen molar-refractivity contribution in [1.29, 1.82) is 10.8 Å². The van der Waals surface area contributed by atoms with Gasteiger partial charge in [0.2, 0.25) is 82.7 Å². The highest BCUT2D eigenvalue weighted by Crippen LogP contribution is 2.26. The quantitative estimate of drug-likeness (QED) is 0.0112. The van der Waals surface area contributed by atoms with Crippen molar-refractivity contribution in [3.05, 3.63) is 156 Å². The lowest BCUT2D eigenvalue weighted by Crippen LogP contribution is -2.61. The summed E-state index contributed by atoms with van der Waals surface area (Å²) in [6.07, 6.45) is 7.34. The Kier molecular flexibility index (Phi) is 40.1. The first-order valence-electron chi connectivity index (χ1n) is 46.3. The van der Waals surface area contributed by atoms with Gasteiger partial charge in [0.05, 0.1) is 31.3 Å². The summed E-state index contributed by atoms with van der Waals surface area (Å²) in [6, 6.07) is 4.59.